The number of amides is 2. The number of benzene rings is 2. The van der Waals surface area contributed by atoms with Crippen LogP contribution in [0.5, 0.6) is 0 Å². The molecule has 2 aromatic carbocycles. The second-order valence-electron chi connectivity index (χ2n) is 6.85. The number of aromatic amines is 1. The van der Waals surface area contributed by atoms with E-state index in [1.165, 1.54) is 4.90 Å². The molecule has 0 spiro atoms. The summed E-state index contributed by atoms with van der Waals surface area (Å²) in [4.78, 5) is 29.7. The number of aliphatic hydroxyl groups excluding tert-OH is 1. The number of nitrogen functional groups attached to an aromatic ring is 1. The Morgan fingerprint density at radius 3 is 2.97 bits per heavy atom. The molecule has 1 saturated heterocycles. The van der Waals surface area contributed by atoms with Gasteiger partial charge in [0.1, 0.15) is 11.9 Å². The summed E-state index contributed by atoms with van der Waals surface area (Å²) in [5.41, 5.74) is 7.00. The summed E-state index contributed by atoms with van der Waals surface area (Å²) in [5, 5.41) is 24.0. The highest BCUT2D eigenvalue weighted by Crippen LogP contribution is 2.26. The average molecular weight is 405 g/mol. The van der Waals surface area contributed by atoms with E-state index in [4.69, 9.17) is 10.5 Å². The first-order valence-corrected chi connectivity index (χ1v) is 9.27. The second-order valence-corrected chi connectivity index (χ2v) is 6.85. The highest BCUT2D eigenvalue weighted by atomic mass is 16.5. The van der Waals surface area contributed by atoms with Gasteiger partial charge in [-0.25, -0.2) is 0 Å². The predicted molar refractivity (Wildman–Crippen MR) is 111 cm³/mol. The minimum absolute atomic E-state index is 0.120. The topological polar surface area (TPSA) is 144 Å². The molecule has 30 heavy (non-hydrogen) atoms. The zero-order chi connectivity index (χ0) is 21.3. The van der Waals surface area contributed by atoms with Gasteiger partial charge < -0.3 is 30.8 Å². The number of morpholine rings is 1. The van der Waals surface area contributed by atoms with E-state index in [0.717, 1.165) is 10.8 Å². The van der Waals surface area contributed by atoms with Gasteiger partial charge in [0.2, 0.25) is 0 Å². The molecular weight excluding hydrogens is 386 g/mol. The van der Waals surface area contributed by atoms with E-state index >= 15 is 0 Å². The van der Waals surface area contributed by atoms with Crippen molar-refractivity contribution >= 4 is 39.8 Å². The van der Waals surface area contributed by atoms with E-state index in [9.17, 15) is 20.0 Å². The molecule has 1 aromatic heterocycles. The van der Waals surface area contributed by atoms with Gasteiger partial charge in [-0.1, -0.05) is 12.1 Å². The molecule has 1 aliphatic heterocycles. The number of carbonyl (C=O) groups is 2. The number of nitriles is 1. The standard InChI is InChI=1S/C21H19N5O4/c22-10-12-3-1-2-4-16(12)26-7-8-30-18(21(26)29)17(27)20(28)25-14-5-6-15-13(9-14)11-24-19(15)23/h1-6,9,11,17-18,24,27H,7-8,23H2,(H,25,28)/t17-,18-/m1/s1. The average Bonchev–Trinajstić information content (AvgIpc) is 3.13. The summed E-state index contributed by atoms with van der Waals surface area (Å²) in [6.07, 6.45) is -1.40. The molecule has 5 N–H and O–H groups in total. The number of aromatic nitrogens is 1. The van der Waals surface area contributed by atoms with Gasteiger partial charge in [-0.05, 0) is 30.3 Å². The minimum Gasteiger partial charge on any atom is -0.385 e. The van der Waals surface area contributed by atoms with Crippen molar-refractivity contribution in [3.05, 3.63) is 54.2 Å². The minimum atomic E-state index is -1.72. The van der Waals surface area contributed by atoms with Gasteiger partial charge in [-0.3, -0.25) is 9.59 Å². The van der Waals surface area contributed by atoms with Crippen LogP contribution in [0.25, 0.3) is 10.8 Å². The second kappa shape index (κ2) is 7.87. The molecule has 152 valence electrons. The molecule has 0 radical (unpaired) electrons. The summed E-state index contributed by atoms with van der Waals surface area (Å²) in [6, 6.07) is 13.8. The Bertz CT molecular complexity index is 1170. The van der Waals surface area contributed by atoms with Crippen molar-refractivity contribution < 1.29 is 19.4 Å². The Hall–Kier alpha value is -3.87. The number of nitrogens with one attached hydrogen (secondary N) is 2. The van der Waals surface area contributed by atoms with Crippen LogP contribution < -0.4 is 16.0 Å². The molecule has 2 atom stereocenters. The fraction of sp³-hybridized carbons (Fsp3) is 0.190. The number of nitrogens with two attached hydrogens (primary N) is 1. The summed E-state index contributed by atoms with van der Waals surface area (Å²) in [7, 11) is 0. The van der Waals surface area contributed by atoms with Gasteiger partial charge in [0.25, 0.3) is 11.8 Å². The van der Waals surface area contributed by atoms with Crippen molar-refractivity contribution in [1.82, 2.24) is 4.98 Å². The molecular formula is C21H19N5O4. The van der Waals surface area contributed by atoms with Crippen LogP contribution in [-0.2, 0) is 14.3 Å². The first kappa shape index (κ1) is 19.4. The molecule has 1 fully saturated rings. The molecule has 0 saturated carbocycles. The van der Waals surface area contributed by atoms with Crippen molar-refractivity contribution in [2.45, 2.75) is 12.2 Å². The van der Waals surface area contributed by atoms with E-state index in [2.05, 4.69) is 10.3 Å². The zero-order valence-electron chi connectivity index (χ0n) is 15.8. The maximum atomic E-state index is 12.9. The van der Waals surface area contributed by atoms with Crippen LogP contribution in [0.15, 0.2) is 48.7 Å². The normalized spacial score (nSPS) is 17.5. The molecule has 1 aliphatic rings. The molecule has 0 bridgehead atoms. The van der Waals surface area contributed by atoms with E-state index < -0.39 is 24.0 Å². The van der Waals surface area contributed by atoms with Crippen LogP contribution in [-0.4, -0.2) is 47.3 Å². The SMILES string of the molecule is N#Cc1ccccc1N1CCO[C@H]([C@@H](O)C(=O)Nc2ccc3c(N)[nH]cc3c2)C1=O. The number of hydrogen-bond donors (Lipinski definition) is 4. The van der Waals surface area contributed by atoms with Crippen LogP contribution in [0, 0.1) is 11.3 Å². The van der Waals surface area contributed by atoms with Crippen molar-refractivity contribution in [3.63, 3.8) is 0 Å². The molecule has 0 unspecified atom stereocenters. The van der Waals surface area contributed by atoms with Gasteiger partial charge in [0.15, 0.2) is 12.2 Å². The predicted octanol–water partition coefficient (Wildman–Crippen LogP) is 1.35. The van der Waals surface area contributed by atoms with E-state index in [1.54, 1.807) is 48.7 Å². The zero-order valence-corrected chi connectivity index (χ0v) is 15.8. The van der Waals surface area contributed by atoms with Crippen molar-refractivity contribution in [3.8, 4) is 6.07 Å². The van der Waals surface area contributed by atoms with Gasteiger partial charge in [0, 0.05) is 29.2 Å². The smallest absolute Gasteiger partial charge is 0.259 e. The third-order valence-corrected chi connectivity index (χ3v) is 4.98. The molecule has 2 heterocycles. The largest absolute Gasteiger partial charge is 0.385 e. The lowest BCUT2D eigenvalue weighted by atomic mass is 10.1. The summed E-state index contributed by atoms with van der Waals surface area (Å²) >= 11 is 0. The number of rotatable bonds is 4. The Kier molecular flexibility index (Phi) is 5.10. The fourth-order valence-corrected chi connectivity index (χ4v) is 3.47. The van der Waals surface area contributed by atoms with Crippen molar-refractivity contribution in [1.29, 1.82) is 5.26 Å². The number of anilines is 3. The number of ether oxygens (including phenoxy) is 1. The van der Waals surface area contributed by atoms with Crippen LogP contribution in [0.1, 0.15) is 5.56 Å². The molecule has 9 heteroatoms. The fourth-order valence-electron chi connectivity index (χ4n) is 3.47. The van der Waals surface area contributed by atoms with Crippen molar-refractivity contribution in [2.75, 3.05) is 29.1 Å². The number of H-pyrrole nitrogens is 1. The lowest BCUT2D eigenvalue weighted by molar-refractivity contribution is -0.150. The maximum Gasteiger partial charge on any atom is 0.259 e. The number of carbonyl (C=O) groups excluding carboxylic acids is 2. The Morgan fingerprint density at radius 2 is 2.17 bits per heavy atom. The van der Waals surface area contributed by atoms with Crippen LogP contribution >= 0.6 is 0 Å². The van der Waals surface area contributed by atoms with Crippen LogP contribution in [0.3, 0.4) is 0 Å². The number of para-hydroxylation sites is 1. The number of hydrogen-bond acceptors (Lipinski definition) is 6. The number of aliphatic hydroxyl groups is 1. The van der Waals surface area contributed by atoms with Crippen molar-refractivity contribution in [2.24, 2.45) is 0 Å². The molecule has 9 nitrogen and oxygen atoms in total. The van der Waals surface area contributed by atoms with E-state index in [1.807, 2.05) is 6.07 Å². The van der Waals surface area contributed by atoms with Gasteiger partial charge in [0.05, 0.1) is 17.9 Å². The Labute approximate surface area is 171 Å². The van der Waals surface area contributed by atoms with Crippen LogP contribution in [0.2, 0.25) is 0 Å². The highest BCUT2D eigenvalue weighted by molar-refractivity contribution is 6.05. The molecule has 0 aliphatic carbocycles. The highest BCUT2D eigenvalue weighted by Gasteiger charge is 2.39. The number of nitrogens with zero attached hydrogens (tertiary/aromatic N) is 2. The third-order valence-electron chi connectivity index (χ3n) is 4.98. The molecule has 3 aromatic rings. The Morgan fingerprint density at radius 1 is 1.37 bits per heavy atom. The maximum absolute atomic E-state index is 12.9. The Balaban J connectivity index is 1.51. The first-order valence-electron chi connectivity index (χ1n) is 9.27. The molecule has 4 rings (SSSR count). The molecule has 2 amide bonds. The summed E-state index contributed by atoms with van der Waals surface area (Å²) in [5.74, 6) is -0.839. The van der Waals surface area contributed by atoms with E-state index in [-0.39, 0.29) is 13.2 Å². The van der Waals surface area contributed by atoms with Gasteiger partial charge >= 0.3 is 0 Å². The lowest BCUT2D eigenvalue weighted by Gasteiger charge is -2.34. The summed E-state index contributed by atoms with van der Waals surface area (Å²) in [6.45, 7) is 0.336. The van der Waals surface area contributed by atoms with Gasteiger partial charge in [-0.2, -0.15) is 5.26 Å². The first-order chi connectivity index (χ1) is 14.5. The number of fused-ring (bicyclic) bond motifs is 1. The monoisotopic (exact) mass is 405 g/mol. The van der Waals surface area contributed by atoms with Crippen LogP contribution in [0.4, 0.5) is 17.2 Å². The lowest BCUT2D eigenvalue weighted by Crippen LogP contribution is -2.55. The third kappa shape index (κ3) is 3.45. The quantitative estimate of drug-likeness (QED) is 0.516. The summed E-state index contributed by atoms with van der Waals surface area (Å²) < 4.78 is 5.40. The van der Waals surface area contributed by atoms with Gasteiger partial charge in [-0.15, -0.1) is 0 Å². The van der Waals surface area contributed by atoms with E-state index in [0.29, 0.717) is 22.8 Å².